The molecule has 0 bridgehead atoms. The van der Waals surface area contributed by atoms with Gasteiger partial charge in [0.2, 0.25) is 0 Å². The van der Waals surface area contributed by atoms with E-state index in [0.29, 0.717) is 12.8 Å². The molecule has 0 saturated heterocycles. The van der Waals surface area contributed by atoms with Gasteiger partial charge >= 0.3 is 0 Å². The standard InChI is InChI=1S/C26H24O4/c1-26(2)13-20(28)25-22(14-26)30-21-10-8-15-7-9-17(27)12-19(15)24(21)23(25)16-5-4-6-18(11-16)29-3/h4-12,23,27H,13-14H2,1-3H3. The van der Waals surface area contributed by atoms with Crippen LogP contribution in [-0.4, -0.2) is 18.0 Å². The van der Waals surface area contributed by atoms with Crippen LogP contribution in [0.1, 0.15) is 43.7 Å². The van der Waals surface area contributed by atoms with Crippen molar-refractivity contribution in [1.82, 2.24) is 0 Å². The lowest BCUT2D eigenvalue weighted by atomic mass is 9.69. The average Bonchev–Trinajstić information content (AvgIpc) is 2.71. The molecule has 0 radical (unpaired) electrons. The van der Waals surface area contributed by atoms with Crippen LogP contribution in [0.15, 0.2) is 65.9 Å². The van der Waals surface area contributed by atoms with Crippen molar-refractivity contribution >= 4 is 16.6 Å². The number of hydrogen-bond donors (Lipinski definition) is 1. The summed E-state index contributed by atoms with van der Waals surface area (Å²) in [7, 11) is 1.64. The molecule has 1 aliphatic heterocycles. The Balaban J connectivity index is 1.83. The van der Waals surface area contributed by atoms with Crippen molar-refractivity contribution in [3.05, 3.63) is 77.1 Å². The summed E-state index contributed by atoms with van der Waals surface area (Å²) in [6.45, 7) is 4.21. The third kappa shape index (κ3) is 2.95. The minimum Gasteiger partial charge on any atom is -0.508 e. The van der Waals surface area contributed by atoms with E-state index < -0.39 is 0 Å². The molecule has 5 rings (SSSR count). The van der Waals surface area contributed by atoms with Crippen molar-refractivity contribution < 1.29 is 19.4 Å². The zero-order chi connectivity index (χ0) is 21.0. The van der Waals surface area contributed by atoms with Gasteiger partial charge in [-0.1, -0.05) is 38.1 Å². The first kappa shape index (κ1) is 18.7. The molecular weight excluding hydrogens is 376 g/mol. The first-order valence-corrected chi connectivity index (χ1v) is 10.2. The number of Topliss-reactive ketones (excluding diaryl/α,β-unsaturated/α-hetero) is 1. The topological polar surface area (TPSA) is 55.8 Å². The summed E-state index contributed by atoms with van der Waals surface area (Å²) in [6, 6.07) is 17.2. The summed E-state index contributed by atoms with van der Waals surface area (Å²) >= 11 is 0. The molecule has 0 spiro atoms. The van der Waals surface area contributed by atoms with Crippen molar-refractivity contribution in [1.29, 1.82) is 0 Å². The number of carbonyl (C=O) groups is 1. The molecular formula is C26H24O4. The molecule has 1 heterocycles. The van der Waals surface area contributed by atoms with Gasteiger partial charge in [0, 0.05) is 29.9 Å². The summed E-state index contributed by atoms with van der Waals surface area (Å²) in [5.74, 6) is 2.29. The molecule has 1 aliphatic carbocycles. The first-order valence-electron chi connectivity index (χ1n) is 10.2. The van der Waals surface area contributed by atoms with E-state index >= 15 is 0 Å². The number of rotatable bonds is 2. The predicted octanol–water partition coefficient (Wildman–Crippen LogP) is 5.72. The molecule has 0 aromatic heterocycles. The fourth-order valence-electron chi connectivity index (χ4n) is 4.82. The summed E-state index contributed by atoms with van der Waals surface area (Å²) in [6.07, 6.45) is 1.20. The minimum atomic E-state index is -0.270. The minimum absolute atomic E-state index is 0.122. The maximum Gasteiger partial charge on any atom is 0.163 e. The Labute approximate surface area is 175 Å². The van der Waals surface area contributed by atoms with Crippen LogP contribution in [0.25, 0.3) is 10.8 Å². The highest BCUT2D eigenvalue weighted by molar-refractivity contribution is 6.02. The number of ether oxygens (including phenoxy) is 2. The van der Waals surface area contributed by atoms with Gasteiger partial charge in [0.25, 0.3) is 0 Å². The second-order valence-corrected chi connectivity index (χ2v) is 8.97. The molecule has 30 heavy (non-hydrogen) atoms. The van der Waals surface area contributed by atoms with Crippen molar-refractivity contribution in [3.8, 4) is 17.2 Å². The average molecular weight is 400 g/mol. The van der Waals surface area contributed by atoms with Crippen molar-refractivity contribution in [2.75, 3.05) is 7.11 Å². The highest BCUT2D eigenvalue weighted by Crippen LogP contribution is 2.52. The summed E-state index contributed by atoms with van der Waals surface area (Å²) in [5, 5.41) is 12.1. The van der Waals surface area contributed by atoms with Crippen molar-refractivity contribution in [3.63, 3.8) is 0 Å². The number of aromatic hydroxyl groups is 1. The number of hydrogen-bond acceptors (Lipinski definition) is 4. The quantitative estimate of drug-likeness (QED) is 0.598. The largest absolute Gasteiger partial charge is 0.508 e. The molecule has 0 fully saturated rings. The molecule has 1 unspecified atom stereocenters. The van der Waals surface area contributed by atoms with Gasteiger partial charge in [0.1, 0.15) is 23.0 Å². The molecule has 152 valence electrons. The smallest absolute Gasteiger partial charge is 0.163 e. The van der Waals surface area contributed by atoms with Crippen LogP contribution in [0.3, 0.4) is 0 Å². The number of benzene rings is 3. The van der Waals surface area contributed by atoms with Crippen LogP contribution < -0.4 is 9.47 Å². The van der Waals surface area contributed by atoms with Gasteiger partial charge in [0.05, 0.1) is 7.11 Å². The molecule has 1 atom stereocenters. The number of phenols is 1. The van der Waals surface area contributed by atoms with Gasteiger partial charge in [0.15, 0.2) is 5.78 Å². The van der Waals surface area contributed by atoms with Crippen LogP contribution in [0.5, 0.6) is 17.2 Å². The van der Waals surface area contributed by atoms with Crippen LogP contribution in [0, 0.1) is 5.41 Å². The Morgan fingerprint density at radius 1 is 1.07 bits per heavy atom. The van der Waals surface area contributed by atoms with E-state index in [1.807, 2.05) is 42.5 Å². The van der Waals surface area contributed by atoms with Crippen molar-refractivity contribution in [2.24, 2.45) is 5.41 Å². The SMILES string of the molecule is COc1cccc(C2C3=C(CC(C)(C)CC3=O)Oc3ccc4ccc(O)cc4c32)c1. The second-order valence-electron chi connectivity index (χ2n) is 8.97. The lowest BCUT2D eigenvalue weighted by molar-refractivity contribution is -0.118. The van der Waals surface area contributed by atoms with Crippen molar-refractivity contribution in [2.45, 2.75) is 32.6 Å². The lowest BCUT2D eigenvalue weighted by Gasteiger charge is -2.38. The Hall–Kier alpha value is -3.27. The Morgan fingerprint density at radius 2 is 1.87 bits per heavy atom. The Bertz CT molecular complexity index is 1220. The molecule has 3 aromatic carbocycles. The molecule has 0 saturated carbocycles. The van der Waals surface area contributed by atoms with E-state index in [1.165, 1.54) is 0 Å². The molecule has 4 nitrogen and oxygen atoms in total. The second kappa shape index (κ2) is 6.63. The van der Waals surface area contributed by atoms with E-state index in [2.05, 4.69) is 13.8 Å². The third-order valence-corrected chi connectivity index (χ3v) is 6.12. The zero-order valence-electron chi connectivity index (χ0n) is 17.4. The number of fused-ring (bicyclic) bond motifs is 3. The highest BCUT2D eigenvalue weighted by Gasteiger charge is 2.42. The summed E-state index contributed by atoms with van der Waals surface area (Å²) in [4.78, 5) is 13.4. The lowest BCUT2D eigenvalue weighted by Crippen LogP contribution is -2.33. The van der Waals surface area contributed by atoms with Crippen LogP contribution in [0.2, 0.25) is 0 Å². The summed E-state index contributed by atoms with van der Waals surface area (Å²) < 4.78 is 11.8. The highest BCUT2D eigenvalue weighted by atomic mass is 16.5. The first-order chi connectivity index (χ1) is 14.4. The monoisotopic (exact) mass is 400 g/mol. The Morgan fingerprint density at radius 3 is 2.67 bits per heavy atom. The van der Waals surface area contributed by atoms with Gasteiger partial charge in [-0.3, -0.25) is 4.79 Å². The third-order valence-electron chi connectivity index (χ3n) is 6.12. The van der Waals surface area contributed by atoms with E-state index in [4.69, 9.17) is 9.47 Å². The van der Waals surface area contributed by atoms with E-state index in [-0.39, 0.29) is 22.9 Å². The van der Waals surface area contributed by atoms with Gasteiger partial charge in [-0.05, 0) is 52.1 Å². The fourth-order valence-corrected chi connectivity index (χ4v) is 4.82. The van der Waals surface area contributed by atoms with Gasteiger partial charge in [-0.25, -0.2) is 0 Å². The zero-order valence-corrected chi connectivity index (χ0v) is 17.4. The fraction of sp³-hybridized carbons (Fsp3) is 0.269. The molecule has 2 aliphatic rings. The van der Waals surface area contributed by atoms with E-state index in [1.54, 1.807) is 19.2 Å². The normalized spacial score (nSPS) is 19.8. The van der Waals surface area contributed by atoms with Crippen LogP contribution >= 0.6 is 0 Å². The van der Waals surface area contributed by atoms with E-state index in [0.717, 1.165) is 44.7 Å². The van der Waals surface area contributed by atoms with Gasteiger partial charge < -0.3 is 14.6 Å². The Kier molecular flexibility index (Phi) is 4.14. The molecule has 4 heteroatoms. The van der Waals surface area contributed by atoms with Crippen LogP contribution in [0.4, 0.5) is 0 Å². The summed E-state index contributed by atoms with van der Waals surface area (Å²) in [5.41, 5.74) is 2.49. The number of carbonyl (C=O) groups excluding carboxylic acids is 1. The van der Waals surface area contributed by atoms with Gasteiger partial charge in [-0.2, -0.15) is 0 Å². The molecule has 3 aromatic rings. The van der Waals surface area contributed by atoms with Crippen LogP contribution in [-0.2, 0) is 4.79 Å². The molecule has 0 amide bonds. The van der Waals surface area contributed by atoms with Gasteiger partial charge in [-0.15, -0.1) is 0 Å². The maximum atomic E-state index is 13.4. The van der Waals surface area contributed by atoms with E-state index in [9.17, 15) is 9.90 Å². The predicted molar refractivity (Wildman–Crippen MR) is 116 cm³/mol. The molecule has 1 N–H and O–H groups in total. The number of phenolic OH excluding ortho intramolecular Hbond substituents is 1. The number of allylic oxidation sites excluding steroid dienone is 2. The number of ketones is 1. The number of methoxy groups -OCH3 is 1. The maximum absolute atomic E-state index is 13.4.